The van der Waals surface area contributed by atoms with E-state index in [-0.39, 0.29) is 107 Å². The molecule has 1 aromatic carbocycles. The quantitative estimate of drug-likeness (QED) is 0.0164. The Hall–Kier alpha value is -10.3. The van der Waals surface area contributed by atoms with Crippen molar-refractivity contribution in [3.8, 4) is 5.75 Å². The first kappa shape index (κ1) is 91.7. The SMILES string of the molecule is CC(C)C[C@H](NC(=O)CN)C(=O)N[C@@H](CCCCN)C(=O)N[C@@H](CCC(=O)O)C(=O)N[C@@H](CCC(=O)O)C(=O)N[C@@H](Cc1ccc(O)cc1)C(=O)N[C@@H](CC(C)C)C(=O)NCC(=O)N[C@@H](CCCN=C(N)N)C(=O)NCC(=O)N[C@@H](CCCCN)C(=O)N[C@@H](CC(C)C)C(=O)N[C@@H](CC(N)=O)C(=O)O. The lowest BCUT2D eigenvalue weighted by Gasteiger charge is -2.28. The number of hydrogen-bond donors (Lipinski definition) is 22. The van der Waals surface area contributed by atoms with Gasteiger partial charge in [0.05, 0.1) is 26.1 Å². The minimum absolute atomic E-state index is 0.00463. The first-order chi connectivity index (χ1) is 48.9. The van der Waals surface area contributed by atoms with Gasteiger partial charge in [-0.1, -0.05) is 53.7 Å². The highest BCUT2D eigenvalue weighted by atomic mass is 16.4. The Labute approximate surface area is 602 Å². The van der Waals surface area contributed by atoms with E-state index in [1.54, 1.807) is 41.5 Å². The highest BCUT2D eigenvalue weighted by molar-refractivity contribution is 5.99. The molecule has 0 aromatic heterocycles. The topological polar surface area (TPSA) is 667 Å². The van der Waals surface area contributed by atoms with Gasteiger partial charge in [-0.05, 0) is 132 Å². The van der Waals surface area contributed by atoms with Crippen molar-refractivity contribution in [2.45, 2.75) is 211 Å². The van der Waals surface area contributed by atoms with E-state index in [0.29, 0.717) is 24.8 Å². The Morgan fingerprint density at radius 1 is 0.394 bits per heavy atom. The number of aliphatic imine (C=N–C) groups is 1. The molecule has 0 unspecified atom stereocenters. The van der Waals surface area contributed by atoms with E-state index in [2.05, 4.69) is 68.8 Å². The standard InChI is InChI=1S/C65H109N19O20/c1-34(2)26-44(56(95)74-33-51(88)75-39(14-11-25-72-65(70)71)55(94)73-32-52(89)76-40(12-7-9-23-66)57(96)82-46(28-36(5)6)62(101)84-48(64(103)104)30-49(69)86)81-63(102)47(29-37-15-17-38(85)18-16-37)83-60(99)43(20-22-54(92)93)80-59(98)42(19-21-53(90)91)79-58(97)41(13-8-10-24-67)78-61(100)45(27-35(3)4)77-50(87)31-68/h15-18,34-36,39-48,85H,7-14,19-33,66-68H2,1-6H3,(H2,69,86)(H,73,94)(H,74,95)(H,75,88)(H,76,89)(H,77,87)(H,78,100)(H,79,97)(H,80,98)(H,81,102)(H,82,96)(H,83,99)(H,84,101)(H,90,91)(H,92,93)(H,103,104)(H4,70,71,72)/t39-,40-,41-,42-,43-,44-,45-,46-,47-,48-/m0/s1. The molecule has 39 nitrogen and oxygen atoms in total. The van der Waals surface area contributed by atoms with Crippen LogP contribution in [0.15, 0.2) is 29.3 Å². The Balaban J connectivity index is 3.60. The van der Waals surface area contributed by atoms with E-state index in [1.165, 1.54) is 24.3 Å². The van der Waals surface area contributed by atoms with Crippen LogP contribution in [0.4, 0.5) is 0 Å². The summed E-state index contributed by atoms with van der Waals surface area (Å²) in [6.07, 6.45) is -2.65. The smallest absolute Gasteiger partial charge is 0.326 e. The van der Waals surface area contributed by atoms with E-state index in [4.69, 9.17) is 34.4 Å². The van der Waals surface area contributed by atoms with E-state index >= 15 is 0 Å². The van der Waals surface area contributed by atoms with Gasteiger partial charge in [0.25, 0.3) is 0 Å². The van der Waals surface area contributed by atoms with Crippen LogP contribution in [0.2, 0.25) is 0 Å². The number of nitrogens with one attached hydrogen (secondary N) is 12. The van der Waals surface area contributed by atoms with Gasteiger partial charge in [0.1, 0.15) is 66.2 Å². The molecule has 0 aliphatic heterocycles. The van der Waals surface area contributed by atoms with Gasteiger partial charge in [-0.25, -0.2) is 4.79 Å². The number of primary amides is 1. The van der Waals surface area contributed by atoms with Crippen molar-refractivity contribution in [1.82, 2.24) is 63.8 Å². The van der Waals surface area contributed by atoms with Crippen molar-refractivity contribution in [2.75, 3.05) is 39.3 Å². The van der Waals surface area contributed by atoms with Crippen LogP contribution in [0, 0.1) is 17.8 Å². The third-order valence-electron chi connectivity index (χ3n) is 15.4. The molecule has 28 N–H and O–H groups in total. The zero-order chi connectivity index (χ0) is 78.8. The van der Waals surface area contributed by atoms with Crippen LogP contribution in [-0.2, 0) is 83.1 Å². The van der Waals surface area contributed by atoms with E-state index < -0.39 is 207 Å². The lowest BCUT2D eigenvalue weighted by atomic mass is 10.00. The molecule has 0 fully saturated rings. The van der Waals surface area contributed by atoms with Crippen LogP contribution in [0.25, 0.3) is 0 Å². The van der Waals surface area contributed by atoms with Gasteiger partial charge >= 0.3 is 17.9 Å². The van der Waals surface area contributed by atoms with Gasteiger partial charge in [-0.3, -0.25) is 76.9 Å². The Morgan fingerprint density at radius 2 is 0.721 bits per heavy atom. The predicted octanol–water partition coefficient (Wildman–Crippen LogP) is -5.89. The maximum Gasteiger partial charge on any atom is 0.326 e. The number of carboxylic acid groups (broad SMARTS) is 3. The van der Waals surface area contributed by atoms with E-state index in [9.17, 15) is 97.1 Å². The monoisotopic (exact) mass is 1480 g/mol. The van der Waals surface area contributed by atoms with E-state index in [1.807, 2.05) is 0 Å². The summed E-state index contributed by atoms with van der Waals surface area (Å²) in [7, 11) is 0. The second-order valence-corrected chi connectivity index (χ2v) is 26.1. The minimum atomic E-state index is -1.83. The average molecular weight is 1480 g/mol. The summed E-state index contributed by atoms with van der Waals surface area (Å²) in [6, 6.07) is -9.77. The summed E-state index contributed by atoms with van der Waals surface area (Å²) in [5.41, 5.74) is 33.3. The molecule has 0 bridgehead atoms. The lowest BCUT2D eigenvalue weighted by molar-refractivity contribution is -0.144. The molecule has 0 aliphatic carbocycles. The molecule has 0 heterocycles. The molecular weight excluding hydrogens is 1370 g/mol. The number of rotatable bonds is 53. The van der Waals surface area contributed by atoms with Crippen LogP contribution < -0.4 is 98.2 Å². The normalized spacial score (nSPS) is 13.9. The fourth-order valence-corrected chi connectivity index (χ4v) is 10.2. The lowest BCUT2D eigenvalue weighted by Crippen LogP contribution is -2.60. The Kier molecular flexibility index (Phi) is 43.5. The number of phenolic OH excluding ortho intramolecular Hbond substituents is 1. The summed E-state index contributed by atoms with van der Waals surface area (Å²) in [4.78, 5) is 216. The summed E-state index contributed by atoms with van der Waals surface area (Å²) in [5, 5.41) is 68.5. The van der Waals surface area contributed by atoms with Gasteiger partial charge in [0.15, 0.2) is 5.96 Å². The number of carboxylic acids is 3. The van der Waals surface area contributed by atoms with Crippen LogP contribution in [0.5, 0.6) is 5.75 Å². The average Bonchev–Trinajstić information content (AvgIpc) is 0.860. The number of aromatic hydroxyl groups is 1. The van der Waals surface area contributed by atoms with Crippen molar-refractivity contribution in [1.29, 1.82) is 0 Å². The highest BCUT2D eigenvalue weighted by Crippen LogP contribution is 2.16. The van der Waals surface area contributed by atoms with Gasteiger partial charge in [0.2, 0.25) is 76.8 Å². The summed E-state index contributed by atoms with van der Waals surface area (Å²) in [6.45, 7) is 8.68. The van der Waals surface area contributed by atoms with Crippen LogP contribution >= 0.6 is 0 Å². The van der Waals surface area contributed by atoms with E-state index in [0.717, 1.165) is 0 Å². The number of unbranched alkanes of at least 4 members (excludes halogenated alkanes) is 2. The molecule has 39 heteroatoms. The van der Waals surface area contributed by atoms with Crippen molar-refractivity contribution < 1.29 is 97.1 Å². The molecule has 1 aromatic rings. The van der Waals surface area contributed by atoms with Crippen molar-refractivity contribution in [2.24, 2.45) is 57.1 Å². The number of nitrogens with zero attached hydrogens (tertiary/aromatic N) is 1. The second-order valence-electron chi connectivity index (χ2n) is 26.1. The molecule has 0 radical (unpaired) electrons. The number of aliphatic carboxylic acids is 3. The number of carbonyl (C=O) groups is 16. The summed E-state index contributed by atoms with van der Waals surface area (Å²) >= 11 is 0. The van der Waals surface area contributed by atoms with Gasteiger partial charge < -0.3 is 119 Å². The number of guanidine groups is 1. The molecule has 0 aliphatic rings. The molecule has 0 spiro atoms. The molecule has 584 valence electrons. The molecule has 104 heavy (non-hydrogen) atoms. The Bertz CT molecular complexity index is 3080. The fourth-order valence-electron chi connectivity index (χ4n) is 10.2. The summed E-state index contributed by atoms with van der Waals surface area (Å²) in [5.74, 6) is -18.0. The first-order valence-corrected chi connectivity index (χ1v) is 34.3. The maximum atomic E-state index is 14.6. The Morgan fingerprint density at radius 3 is 1.11 bits per heavy atom. The number of hydrogen-bond acceptors (Lipinski definition) is 21. The van der Waals surface area contributed by atoms with Crippen molar-refractivity contribution in [3.05, 3.63) is 29.8 Å². The fraction of sp³-hybridized carbons (Fsp3) is 0.646. The largest absolute Gasteiger partial charge is 0.508 e. The number of nitrogens with two attached hydrogens (primary N) is 6. The van der Waals surface area contributed by atoms with Crippen molar-refractivity contribution in [3.63, 3.8) is 0 Å². The van der Waals surface area contributed by atoms with Crippen LogP contribution in [0.1, 0.15) is 150 Å². The van der Waals surface area contributed by atoms with Gasteiger partial charge in [-0.15, -0.1) is 0 Å². The molecule has 1 rings (SSSR count). The molecule has 10 atom stereocenters. The second kappa shape index (κ2) is 49.3. The molecule has 0 saturated carbocycles. The first-order valence-electron chi connectivity index (χ1n) is 34.3. The number of benzene rings is 1. The van der Waals surface area contributed by atoms with Crippen LogP contribution in [0.3, 0.4) is 0 Å². The number of phenols is 1. The predicted molar refractivity (Wildman–Crippen MR) is 375 cm³/mol. The molecular formula is C65H109N19O20. The zero-order valence-electron chi connectivity index (χ0n) is 59.8. The van der Waals surface area contributed by atoms with Gasteiger partial charge in [0, 0.05) is 25.8 Å². The van der Waals surface area contributed by atoms with Crippen molar-refractivity contribution >= 4 is 101 Å². The zero-order valence-corrected chi connectivity index (χ0v) is 59.8. The highest BCUT2D eigenvalue weighted by Gasteiger charge is 2.36. The third-order valence-corrected chi connectivity index (χ3v) is 15.4. The number of carbonyl (C=O) groups excluding carboxylic acids is 13. The third kappa shape index (κ3) is 39.2. The minimum Gasteiger partial charge on any atom is -0.508 e. The number of amides is 13. The summed E-state index contributed by atoms with van der Waals surface area (Å²) < 4.78 is 0. The van der Waals surface area contributed by atoms with Gasteiger partial charge in [-0.2, -0.15) is 0 Å². The molecule has 13 amide bonds. The maximum absolute atomic E-state index is 14.6. The van der Waals surface area contributed by atoms with Crippen LogP contribution in [-0.4, -0.2) is 221 Å². The molecule has 0 saturated heterocycles.